The van der Waals surface area contributed by atoms with E-state index in [2.05, 4.69) is 6.58 Å². The minimum absolute atomic E-state index is 0.0559. The maximum Gasteiger partial charge on any atom is 0.307 e. The van der Waals surface area contributed by atoms with Crippen molar-refractivity contribution in [3.63, 3.8) is 0 Å². The molecule has 2 nitrogen and oxygen atoms in total. The van der Waals surface area contributed by atoms with Gasteiger partial charge in [0.15, 0.2) is 0 Å². The van der Waals surface area contributed by atoms with E-state index in [0.29, 0.717) is 0 Å². The van der Waals surface area contributed by atoms with Gasteiger partial charge in [-0.15, -0.1) is 0 Å². The Hall–Kier alpha value is -2.09. The van der Waals surface area contributed by atoms with Crippen molar-refractivity contribution in [2.75, 3.05) is 0 Å². The highest BCUT2D eigenvalue weighted by Crippen LogP contribution is 1.86. The van der Waals surface area contributed by atoms with Gasteiger partial charge in [-0.3, -0.25) is 4.79 Å². The van der Waals surface area contributed by atoms with Crippen LogP contribution in [0.5, 0.6) is 0 Å². The molecule has 0 heterocycles. The molecule has 0 unspecified atom stereocenters. The van der Waals surface area contributed by atoms with E-state index in [1.165, 1.54) is 0 Å². The second kappa shape index (κ2) is 11.0. The first-order chi connectivity index (χ1) is 7.77. The lowest BCUT2D eigenvalue weighted by Crippen LogP contribution is -1.89. The number of carbonyl (C=O) groups is 1. The van der Waals surface area contributed by atoms with E-state index in [9.17, 15) is 4.79 Å². The molecule has 0 saturated carbocycles. The molecule has 0 bridgehead atoms. The number of hydrogen-bond donors (Lipinski definition) is 1. The molecule has 0 aromatic heterocycles. The van der Waals surface area contributed by atoms with Crippen LogP contribution in [-0.4, -0.2) is 11.1 Å². The van der Waals surface area contributed by atoms with Crippen LogP contribution in [-0.2, 0) is 4.79 Å². The van der Waals surface area contributed by atoms with E-state index in [-0.39, 0.29) is 6.42 Å². The summed E-state index contributed by atoms with van der Waals surface area (Å²) >= 11 is 0. The van der Waals surface area contributed by atoms with Crippen LogP contribution in [0.4, 0.5) is 0 Å². The quantitative estimate of drug-likeness (QED) is 0.662. The van der Waals surface area contributed by atoms with Crippen molar-refractivity contribution in [1.82, 2.24) is 0 Å². The summed E-state index contributed by atoms with van der Waals surface area (Å²) in [6, 6.07) is 0. The standard InChI is InChI=1S/C14H16O2/c1-2-3-4-5-6-7-8-9-10-11-12-13-14(15)16/h2-12H,1,13H2,(H,15,16). The van der Waals surface area contributed by atoms with Gasteiger partial charge in [0.05, 0.1) is 6.42 Å². The van der Waals surface area contributed by atoms with Crippen molar-refractivity contribution in [2.45, 2.75) is 6.42 Å². The van der Waals surface area contributed by atoms with Gasteiger partial charge in [-0.2, -0.15) is 0 Å². The summed E-state index contributed by atoms with van der Waals surface area (Å²) < 4.78 is 0. The van der Waals surface area contributed by atoms with Crippen LogP contribution in [0.15, 0.2) is 73.4 Å². The molecule has 0 fully saturated rings. The summed E-state index contributed by atoms with van der Waals surface area (Å²) in [6.45, 7) is 3.55. The highest BCUT2D eigenvalue weighted by atomic mass is 16.4. The number of carboxylic acid groups (broad SMARTS) is 1. The smallest absolute Gasteiger partial charge is 0.307 e. The fourth-order valence-corrected chi connectivity index (χ4v) is 0.775. The highest BCUT2D eigenvalue weighted by molar-refractivity contribution is 5.68. The highest BCUT2D eigenvalue weighted by Gasteiger charge is 1.86. The zero-order valence-electron chi connectivity index (χ0n) is 9.12. The van der Waals surface area contributed by atoms with Crippen LogP contribution in [0.3, 0.4) is 0 Å². The second-order valence-corrected chi connectivity index (χ2v) is 2.80. The Balaban J connectivity index is 3.74. The van der Waals surface area contributed by atoms with Gasteiger partial charge < -0.3 is 5.11 Å². The van der Waals surface area contributed by atoms with Gasteiger partial charge in [-0.1, -0.05) is 73.4 Å². The van der Waals surface area contributed by atoms with Crippen molar-refractivity contribution in [3.05, 3.63) is 73.4 Å². The lowest BCUT2D eigenvalue weighted by molar-refractivity contribution is -0.135. The Morgan fingerprint density at radius 2 is 1.31 bits per heavy atom. The second-order valence-electron chi connectivity index (χ2n) is 2.80. The molecular formula is C14H16O2. The molecular weight excluding hydrogens is 200 g/mol. The molecule has 16 heavy (non-hydrogen) atoms. The molecule has 0 aliphatic heterocycles. The summed E-state index contributed by atoms with van der Waals surface area (Å²) in [6.07, 6.45) is 19.9. The lowest BCUT2D eigenvalue weighted by atomic mass is 10.3. The van der Waals surface area contributed by atoms with Gasteiger partial charge in [0, 0.05) is 0 Å². The molecule has 1 N–H and O–H groups in total. The molecule has 0 aromatic carbocycles. The summed E-state index contributed by atoms with van der Waals surface area (Å²) in [5, 5.41) is 8.35. The van der Waals surface area contributed by atoms with Gasteiger partial charge in [-0.05, 0) is 0 Å². The monoisotopic (exact) mass is 216 g/mol. The fraction of sp³-hybridized carbons (Fsp3) is 0.0714. The molecule has 2 heteroatoms. The maximum atomic E-state index is 10.1. The molecule has 0 amide bonds. The molecule has 0 radical (unpaired) electrons. The Morgan fingerprint density at radius 1 is 0.875 bits per heavy atom. The summed E-state index contributed by atoms with van der Waals surface area (Å²) in [5.41, 5.74) is 0. The van der Waals surface area contributed by atoms with Gasteiger partial charge in [0.1, 0.15) is 0 Å². The summed E-state index contributed by atoms with van der Waals surface area (Å²) in [5.74, 6) is -0.822. The molecule has 0 aliphatic carbocycles. The van der Waals surface area contributed by atoms with Crippen molar-refractivity contribution in [1.29, 1.82) is 0 Å². The molecule has 0 saturated heterocycles. The molecule has 84 valence electrons. The average Bonchev–Trinajstić information content (AvgIpc) is 2.25. The minimum Gasteiger partial charge on any atom is -0.481 e. The number of hydrogen-bond acceptors (Lipinski definition) is 1. The van der Waals surface area contributed by atoms with Gasteiger partial charge >= 0.3 is 5.97 Å². The molecule has 0 rings (SSSR count). The normalized spacial score (nSPS) is 12.8. The third-order valence-electron chi connectivity index (χ3n) is 1.45. The van der Waals surface area contributed by atoms with Gasteiger partial charge in [0.2, 0.25) is 0 Å². The third kappa shape index (κ3) is 11.9. The Morgan fingerprint density at radius 3 is 1.75 bits per heavy atom. The number of aliphatic carboxylic acids is 1. The van der Waals surface area contributed by atoms with Crippen molar-refractivity contribution in [3.8, 4) is 0 Å². The molecule has 0 atom stereocenters. The van der Waals surface area contributed by atoms with Crippen LogP contribution >= 0.6 is 0 Å². The first-order valence-corrected chi connectivity index (χ1v) is 4.93. The third-order valence-corrected chi connectivity index (χ3v) is 1.45. The van der Waals surface area contributed by atoms with Gasteiger partial charge in [-0.25, -0.2) is 0 Å². The lowest BCUT2D eigenvalue weighted by Gasteiger charge is -1.79. The van der Waals surface area contributed by atoms with Crippen molar-refractivity contribution < 1.29 is 9.90 Å². The molecule has 0 aliphatic rings. The van der Waals surface area contributed by atoms with E-state index < -0.39 is 5.97 Å². The Bertz CT molecular complexity index is 342. The predicted octanol–water partition coefficient (Wildman–Crippen LogP) is 3.43. The Labute approximate surface area is 96.3 Å². The van der Waals surface area contributed by atoms with E-state index in [4.69, 9.17) is 5.11 Å². The largest absolute Gasteiger partial charge is 0.481 e. The predicted molar refractivity (Wildman–Crippen MR) is 68.1 cm³/mol. The average molecular weight is 216 g/mol. The van der Waals surface area contributed by atoms with E-state index in [1.54, 1.807) is 24.3 Å². The molecule has 0 aromatic rings. The van der Waals surface area contributed by atoms with Crippen LogP contribution in [0.25, 0.3) is 0 Å². The van der Waals surface area contributed by atoms with Crippen LogP contribution in [0.2, 0.25) is 0 Å². The van der Waals surface area contributed by atoms with E-state index >= 15 is 0 Å². The van der Waals surface area contributed by atoms with Crippen LogP contribution < -0.4 is 0 Å². The number of rotatable bonds is 7. The Kier molecular flexibility index (Phi) is 9.55. The first kappa shape index (κ1) is 13.9. The fourth-order valence-electron chi connectivity index (χ4n) is 0.775. The van der Waals surface area contributed by atoms with E-state index in [1.807, 2.05) is 42.5 Å². The van der Waals surface area contributed by atoms with Crippen molar-refractivity contribution >= 4 is 5.97 Å². The topological polar surface area (TPSA) is 37.3 Å². The van der Waals surface area contributed by atoms with Gasteiger partial charge in [0.25, 0.3) is 0 Å². The van der Waals surface area contributed by atoms with Crippen LogP contribution in [0.1, 0.15) is 6.42 Å². The molecule has 0 spiro atoms. The summed E-state index contributed by atoms with van der Waals surface area (Å²) in [4.78, 5) is 10.1. The number of carboxylic acids is 1. The van der Waals surface area contributed by atoms with Crippen molar-refractivity contribution in [2.24, 2.45) is 0 Å². The maximum absolute atomic E-state index is 10.1. The van der Waals surface area contributed by atoms with Crippen LogP contribution in [0, 0.1) is 0 Å². The first-order valence-electron chi connectivity index (χ1n) is 4.93. The minimum atomic E-state index is -0.822. The SMILES string of the molecule is C=CC=CC=CC=CC=CC=CCC(=O)O. The number of allylic oxidation sites excluding steroid dienone is 10. The zero-order chi connectivity index (χ0) is 12.1. The zero-order valence-corrected chi connectivity index (χ0v) is 9.12. The summed E-state index contributed by atoms with van der Waals surface area (Å²) in [7, 11) is 0. The van der Waals surface area contributed by atoms with E-state index in [0.717, 1.165) is 0 Å².